The SMILES string of the molecule is CCN(CC)CCN=CC1C(=O)NC(=O)N(c2ccccc2Cl)C1=O. The summed E-state index contributed by atoms with van der Waals surface area (Å²) in [5, 5.41) is 2.42. The fourth-order valence-corrected chi connectivity index (χ4v) is 2.72. The maximum absolute atomic E-state index is 12.6. The van der Waals surface area contributed by atoms with Gasteiger partial charge in [0.2, 0.25) is 5.91 Å². The van der Waals surface area contributed by atoms with E-state index in [4.69, 9.17) is 11.6 Å². The Labute approximate surface area is 151 Å². The predicted octanol–water partition coefficient (Wildman–Crippen LogP) is 1.95. The number of rotatable bonds is 7. The van der Waals surface area contributed by atoms with Crippen molar-refractivity contribution >= 4 is 41.3 Å². The molecule has 0 saturated carbocycles. The molecule has 134 valence electrons. The molecule has 1 fully saturated rings. The molecule has 0 spiro atoms. The second-order valence-corrected chi connectivity index (χ2v) is 5.89. The molecule has 1 heterocycles. The summed E-state index contributed by atoms with van der Waals surface area (Å²) in [6.45, 7) is 7.13. The Morgan fingerprint density at radius 1 is 1.24 bits per heavy atom. The van der Waals surface area contributed by atoms with Crippen LogP contribution in [0.25, 0.3) is 0 Å². The lowest BCUT2D eigenvalue weighted by atomic mass is 10.1. The second kappa shape index (κ2) is 8.73. The third-order valence-electron chi connectivity index (χ3n) is 3.99. The summed E-state index contributed by atoms with van der Waals surface area (Å²) in [6, 6.07) is 5.66. The van der Waals surface area contributed by atoms with Crippen LogP contribution in [0, 0.1) is 5.92 Å². The Kier molecular flexibility index (Phi) is 6.66. The lowest BCUT2D eigenvalue weighted by Crippen LogP contribution is -2.58. The van der Waals surface area contributed by atoms with E-state index in [1.807, 2.05) is 0 Å². The minimum absolute atomic E-state index is 0.237. The van der Waals surface area contributed by atoms with Crippen molar-refractivity contribution in [1.29, 1.82) is 0 Å². The van der Waals surface area contributed by atoms with E-state index in [9.17, 15) is 14.4 Å². The molecule has 0 aliphatic carbocycles. The minimum Gasteiger partial charge on any atom is -0.302 e. The Hall–Kier alpha value is -2.25. The summed E-state index contributed by atoms with van der Waals surface area (Å²) in [4.78, 5) is 43.9. The molecule has 0 bridgehead atoms. The Bertz CT molecular complexity index is 688. The number of carbonyl (C=O) groups excluding carboxylic acids is 3. The van der Waals surface area contributed by atoms with Crippen LogP contribution in [0.4, 0.5) is 10.5 Å². The third-order valence-corrected chi connectivity index (χ3v) is 4.31. The van der Waals surface area contributed by atoms with Gasteiger partial charge < -0.3 is 4.90 Å². The maximum atomic E-state index is 12.6. The topological polar surface area (TPSA) is 82.1 Å². The van der Waals surface area contributed by atoms with Crippen LogP contribution in [0.15, 0.2) is 29.3 Å². The number of para-hydroxylation sites is 1. The second-order valence-electron chi connectivity index (χ2n) is 5.48. The number of nitrogens with one attached hydrogen (secondary N) is 1. The quantitative estimate of drug-likeness (QED) is 0.592. The molecule has 2 rings (SSSR count). The molecule has 1 atom stereocenters. The first-order valence-electron chi connectivity index (χ1n) is 8.15. The summed E-state index contributed by atoms with van der Waals surface area (Å²) < 4.78 is 0. The number of nitrogens with zero attached hydrogens (tertiary/aromatic N) is 3. The van der Waals surface area contributed by atoms with Crippen LogP contribution in [-0.4, -0.2) is 55.1 Å². The minimum atomic E-state index is -1.15. The predicted molar refractivity (Wildman–Crippen MR) is 97.1 cm³/mol. The smallest absolute Gasteiger partial charge is 0.302 e. The summed E-state index contributed by atoms with van der Waals surface area (Å²) in [7, 11) is 0. The van der Waals surface area contributed by atoms with E-state index in [2.05, 4.69) is 29.1 Å². The van der Waals surface area contributed by atoms with Crippen molar-refractivity contribution < 1.29 is 14.4 Å². The number of barbiturate groups is 1. The average Bonchev–Trinajstić information content (AvgIpc) is 2.59. The number of carbonyl (C=O) groups is 3. The zero-order valence-corrected chi connectivity index (χ0v) is 15.0. The van der Waals surface area contributed by atoms with Gasteiger partial charge in [-0.3, -0.25) is 19.9 Å². The van der Waals surface area contributed by atoms with Gasteiger partial charge in [-0.05, 0) is 25.2 Å². The van der Waals surface area contributed by atoms with Crippen molar-refractivity contribution in [2.24, 2.45) is 10.9 Å². The van der Waals surface area contributed by atoms with Crippen LogP contribution in [0.1, 0.15) is 13.8 Å². The molecular weight excluding hydrogens is 344 g/mol. The first-order valence-corrected chi connectivity index (χ1v) is 8.53. The van der Waals surface area contributed by atoms with Gasteiger partial charge in [0.1, 0.15) is 0 Å². The monoisotopic (exact) mass is 364 g/mol. The van der Waals surface area contributed by atoms with E-state index in [-0.39, 0.29) is 10.7 Å². The molecule has 1 unspecified atom stereocenters. The molecule has 1 N–H and O–H groups in total. The molecular formula is C17H21ClN4O3. The number of benzene rings is 1. The van der Waals surface area contributed by atoms with Gasteiger partial charge in [-0.15, -0.1) is 0 Å². The maximum Gasteiger partial charge on any atom is 0.335 e. The van der Waals surface area contributed by atoms with Gasteiger partial charge in [-0.1, -0.05) is 37.6 Å². The number of imide groups is 2. The first-order chi connectivity index (χ1) is 12.0. The summed E-state index contributed by atoms with van der Waals surface area (Å²) in [5.41, 5.74) is 0.237. The van der Waals surface area contributed by atoms with Gasteiger partial charge in [0.25, 0.3) is 5.91 Å². The van der Waals surface area contributed by atoms with Crippen LogP contribution >= 0.6 is 11.6 Å². The van der Waals surface area contributed by atoms with Crippen molar-refractivity contribution in [3.63, 3.8) is 0 Å². The molecule has 0 radical (unpaired) electrons. The number of anilines is 1. The largest absolute Gasteiger partial charge is 0.335 e. The zero-order valence-electron chi connectivity index (χ0n) is 14.2. The molecule has 25 heavy (non-hydrogen) atoms. The van der Waals surface area contributed by atoms with E-state index in [1.165, 1.54) is 6.21 Å². The van der Waals surface area contributed by atoms with E-state index >= 15 is 0 Å². The standard InChI is InChI=1S/C17H21ClN4O3/c1-3-21(4-2)10-9-19-11-12-15(23)20-17(25)22(16(12)24)14-8-6-5-7-13(14)18/h5-8,11-12H,3-4,9-10H2,1-2H3,(H,20,23,25). The number of aliphatic imine (C=N–C) groups is 1. The first kappa shape index (κ1) is 19.1. The van der Waals surface area contributed by atoms with Crippen LogP contribution in [0.2, 0.25) is 5.02 Å². The number of urea groups is 1. The summed E-state index contributed by atoms with van der Waals surface area (Å²) in [6.07, 6.45) is 1.30. The van der Waals surface area contributed by atoms with Gasteiger partial charge in [0, 0.05) is 12.8 Å². The van der Waals surface area contributed by atoms with Gasteiger partial charge in [0.15, 0.2) is 5.92 Å². The van der Waals surface area contributed by atoms with Crippen molar-refractivity contribution in [2.75, 3.05) is 31.1 Å². The molecule has 1 aliphatic heterocycles. The van der Waals surface area contributed by atoms with Crippen LogP contribution in [0.5, 0.6) is 0 Å². The molecule has 0 aromatic heterocycles. The molecule has 1 saturated heterocycles. The third kappa shape index (κ3) is 4.43. The van der Waals surface area contributed by atoms with Gasteiger partial charge in [-0.25, -0.2) is 9.69 Å². The molecule has 1 aromatic rings. The van der Waals surface area contributed by atoms with Crippen molar-refractivity contribution in [2.45, 2.75) is 13.8 Å². The Morgan fingerprint density at radius 2 is 1.92 bits per heavy atom. The highest BCUT2D eigenvalue weighted by Gasteiger charge is 2.41. The van der Waals surface area contributed by atoms with Gasteiger partial charge >= 0.3 is 6.03 Å². The van der Waals surface area contributed by atoms with E-state index in [0.717, 1.165) is 24.5 Å². The molecule has 4 amide bonds. The lowest BCUT2D eigenvalue weighted by Gasteiger charge is -2.29. The number of hydrogen-bond acceptors (Lipinski definition) is 5. The van der Waals surface area contributed by atoms with Crippen molar-refractivity contribution in [3.05, 3.63) is 29.3 Å². The highest BCUT2D eigenvalue weighted by Crippen LogP contribution is 2.28. The van der Waals surface area contributed by atoms with Crippen LogP contribution in [-0.2, 0) is 9.59 Å². The van der Waals surface area contributed by atoms with Crippen molar-refractivity contribution in [3.8, 4) is 0 Å². The van der Waals surface area contributed by atoms with E-state index in [0.29, 0.717) is 6.54 Å². The van der Waals surface area contributed by atoms with E-state index in [1.54, 1.807) is 24.3 Å². The zero-order chi connectivity index (χ0) is 18.4. The summed E-state index contributed by atoms with van der Waals surface area (Å²) >= 11 is 6.07. The molecule has 8 heteroatoms. The highest BCUT2D eigenvalue weighted by atomic mass is 35.5. The lowest BCUT2D eigenvalue weighted by molar-refractivity contribution is -0.131. The van der Waals surface area contributed by atoms with Crippen molar-refractivity contribution in [1.82, 2.24) is 10.2 Å². The normalized spacial score (nSPS) is 18.3. The number of hydrogen-bond donors (Lipinski definition) is 1. The number of likely N-dealkylation sites (N-methyl/N-ethyl adjacent to an activating group) is 1. The molecule has 1 aliphatic rings. The average molecular weight is 365 g/mol. The summed E-state index contributed by atoms with van der Waals surface area (Å²) in [5.74, 6) is -2.48. The molecule has 7 nitrogen and oxygen atoms in total. The molecule has 1 aromatic carbocycles. The fourth-order valence-electron chi connectivity index (χ4n) is 2.50. The van der Waals surface area contributed by atoms with Gasteiger partial charge in [0.05, 0.1) is 17.3 Å². The van der Waals surface area contributed by atoms with Crippen LogP contribution in [0.3, 0.4) is 0 Å². The Balaban J connectivity index is 2.13. The fraction of sp³-hybridized carbons (Fsp3) is 0.412. The van der Waals surface area contributed by atoms with Gasteiger partial charge in [-0.2, -0.15) is 0 Å². The van der Waals surface area contributed by atoms with Crippen LogP contribution < -0.4 is 10.2 Å². The highest BCUT2D eigenvalue weighted by molar-refractivity contribution is 6.38. The van der Waals surface area contributed by atoms with E-state index < -0.39 is 23.8 Å². The Morgan fingerprint density at radius 3 is 2.56 bits per heavy atom. The number of halogens is 1. The number of amides is 4.